The van der Waals surface area contributed by atoms with Gasteiger partial charge in [0.05, 0.1) is 5.92 Å². The first kappa shape index (κ1) is 13.6. The Hall–Kier alpha value is -1.85. The molecule has 1 fully saturated rings. The summed E-state index contributed by atoms with van der Waals surface area (Å²) >= 11 is 0. The molecular formula is C13H21N5O. The summed E-state index contributed by atoms with van der Waals surface area (Å²) in [4.78, 5) is 22.3. The van der Waals surface area contributed by atoms with Crippen molar-refractivity contribution in [1.82, 2.24) is 9.97 Å². The Bertz CT molecular complexity index is 476. The van der Waals surface area contributed by atoms with Gasteiger partial charge >= 0.3 is 0 Å². The molecule has 6 nitrogen and oxygen atoms in total. The summed E-state index contributed by atoms with van der Waals surface area (Å²) in [6.45, 7) is 4.72. The molecule has 1 aromatic heterocycles. The summed E-state index contributed by atoms with van der Waals surface area (Å²) in [5, 5.41) is 2.96. The third-order valence-electron chi connectivity index (χ3n) is 3.64. The zero-order chi connectivity index (χ0) is 14.0. The van der Waals surface area contributed by atoms with Crippen molar-refractivity contribution in [1.29, 1.82) is 0 Å². The number of carbonyl (C=O) groups excluding carboxylic acids is 1. The second-order valence-corrected chi connectivity index (χ2v) is 5.12. The number of carbonyl (C=O) groups is 1. The fourth-order valence-electron chi connectivity index (χ4n) is 2.47. The monoisotopic (exact) mass is 263 g/mol. The van der Waals surface area contributed by atoms with Gasteiger partial charge in [0.15, 0.2) is 0 Å². The second-order valence-electron chi connectivity index (χ2n) is 5.12. The molecule has 0 aromatic carbocycles. The van der Waals surface area contributed by atoms with Gasteiger partial charge in [-0.2, -0.15) is 4.98 Å². The lowest BCUT2D eigenvalue weighted by molar-refractivity contribution is -0.122. The third kappa shape index (κ3) is 2.94. The molecule has 1 aliphatic heterocycles. The van der Waals surface area contributed by atoms with Crippen LogP contribution in [0, 0.1) is 12.8 Å². The van der Waals surface area contributed by atoms with Gasteiger partial charge in [0, 0.05) is 31.4 Å². The van der Waals surface area contributed by atoms with Crippen LogP contribution in [-0.4, -0.2) is 35.5 Å². The Labute approximate surface area is 113 Å². The Balaban J connectivity index is 2.27. The molecule has 0 aliphatic carbocycles. The summed E-state index contributed by atoms with van der Waals surface area (Å²) in [7, 11) is 1.80. The van der Waals surface area contributed by atoms with Crippen LogP contribution in [0.5, 0.6) is 0 Å². The summed E-state index contributed by atoms with van der Waals surface area (Å²) < 4.78 is 0. The van der Waals surface area contributed by atoms with Crippen molar-refractivity contribution in [2.24, 2.45) is 11.7 Å². The molecule has 1 saturated heterocycles. The summed E-state index contributed by atoms with van der Waals surface area (Å²) in [5.74, 6) is 1.14. The van der Waals surface area contributed by atoms with Crippen LogP contribution in [0.15, 0.2) is 6.07 Å². The molecule has 0 radical (unpaired) electrons. The highest BCUT2D eigenvalue weighted by atomic mass is 16.1. The minimum absolute atomic E-state index is 0.0930. The molecule has 1 amide bonds. The average Bonchev–Trinajstić information content (AvgIpc) is 2.38. The molecule has 19 heavy (non-hydrogen) atoms. The standard InChI is InChI=1S/C13H21N5O/c1-8-6-11(17-13(15-3)16-8)18-7-10(12(14)19)5-4-9(18)2/h6,9-10H,4-5,7H2,1-3H3,(H2,14,19)(H,15,16,17). The van der Waals surface area contributed by atoms with Gasteiger partial charge in [-0.05, 0) is 26.7 Å². The number of nitrogens with two attached hydrogens (primary N) is 1. The number of primary amides is 1. The number of rotatable bonds is 3. The first-order chi connectivity index (χ1) is 9.01. The molecule has 6 heteroatoms. The summed E-state index contributed by atoms with van der Waals surface area (Å²) in [6, 6.07) is 2.30. The van der Waals surface area contributed by atoms with Gasteiger partial charge < -0.3 is 16.0 Å². The van der Waals surface area contributed by atoms with E-state index in [4.69, 9.17) is 5.73 Å². The Morgan fingerprint density at radius 1 is 1.47 bits per heavy atom. The lowest BCUT2D eigenvalue weighted by atomic mass is 9.93. The van der Waals surface area contributed by atoms with Crippen molar-refractivity contribution in [3.8, 4) is 0 Å². The van der Waals surface area contributed by atoms with Gasteiger partial charge in [0.1, 0.15) is 5.82 Å². The highest BCUT2D eigenvalue weighted by Crippen LogP contribution is 2.27. The van der Waals surface area contributed by atoms with Crippen LogP contribution < -0.4 is 16.0 Å². The smallest absolute Gasteiger partial charge is 0.224 e. The average molecular weight is 263 g/mol. The maximum Gasteiger partial charge on any atom is 0.224 e. The molecule has 2 heterocycles. The van der Waals surface area contributed by atoms with Crippen molar-refractivity contribution in [2.45, 2.75) is 32.7 Å². The molecule has 0 saturated carbocycles. The Morgan fingerprint density at radius 2 is 2.21 bits per heavy atom. The van der Waals surface area contributed by atoms with Gasteiger partial charge in [0.2, 0.25) is 11.9 Å². The van der Waals surface area contributed by atoms with E-state index in [1.165, 1.54) is 0 Å². The van der Waals surface area contributed by atoms with E-state index in [1.807, 2.05) is 13.0 Å². The van der Waals surface area contributed by atoms with Crippen molar-refractivity contribution in [3.05, 3.63) is 11.8 Å². The van der Waals surface area contributed by atoms with Crippen LogP contribution in [0.3, 0.4) is 0 Å². The highest BCUT2D eigenvalue weighted by Gasteiger charge is 2.29. The van der Waals surface area contributed by atoms with Crippen molar-refractivity contribution >= 4 is 17.7 Å². The molecule has 2 atom stereocenters. The van der Waals surface area contributed by atoms with E-state index in [-0.39, 0.29) is 11.8 Å². The van der Waals surface area contributed by atoms with E-state index in [0.29, 0.717) is 18.5 Å². The second kappa shape index (κ2) is 5.42. The number of aromatic nitrogens is 2. The number of amides is 1. The number of piperidine rings is 1. The van der Waals surface area contributed by atoms with Crippen LogP contribution in [0.25, 0.3) is 0 Å². The molecule has 1 aliphatic rings. The van der Waals surface area contributed by atoms with Crippen LogP contribution in [0.1, 0.15) is 25.5 Å². The number of hydrogen-bond acceptors (Lipinski definition) is 5. The van der Waals surface area contributed by atoms with Gasteiger partial charge in [-0.3, -0.25) is 4.79 Å². The minimum atomic E-state index is -0.225. The van der Waals surface area contributed by atoms with E-state index in [0.717, 1.165) is 24.4 Å². The zero-order valence-corrected chi connectivity index (χ0v) is 11.7. The van der Waals surface area contributed by atoms with E-state index in [2.05, 4.69) is 27.1 Å². The Kier molecular flexibility index (Phi) is 3.87. The van der Waals surface area contributed by atoms with Gasteiger partial charge in [-0.15, -0.1) is 0 Å². The predicted octanol–water partition coefficient (Wildman–Crippen LogP) is 0.917. The van der Waals surface area contributed by atoms with E-state index >= 15 is 0 Å². The summed E-state index contributed by atoms with van der Waals surface area (Å²) in [5.41, 5.74) is 6.33. The van der Waals surface area contributed by atoms with Gasteiger partial charge in [0.25, 0.3) is 0 Å². The highest BCUT2D eigenvalue weighted by molar-refractivity contribution is 5.77. The zero-order valence-electron chi connectivity index (χ0n) is 11.7. The number of nitrogens with zero attached hydrogens (tertiary/aromatic N) is 3. The SMILES string of the molecule is CNc1nc(C)cc(N2CC(C(N)=O)CCC2C)n1. The molecule has 3 N–H and O–H groups in total. The van der Waals surface area contributed by atoms with Crippen molar-refractivity contribution in [2.75, 3.05) is 23.8 Å². The third-order valence-corrected chi connectivity index (χ3v) is 3.64. The number of aryl methyl sites for hydroxylation is 1. The normalized spacial score (nSPS) is 23.2. The lowest BCUT2D eigenvalue weighted by Gasteiger charge is -2.37. The molecule has 0 spiro atoms. The molecule has 2 unspecified atom stereocenters. The molecular weight excluding hydrogens is 242 g/mol. The molecule has 0 bridgehead atoms. The van der Waals surface area contributed by atoms with Gasteiger partial charge in [-0.25, -0.2) is 4.98 Å². The number of nitrogens with one attached hydrogen (secondary N) is 1. The largest absolute Gasteiger partial charge is 0.369 e. The molecule has 2 rings (SSSR count). The topological polar surface area (TPSA) is 84.1 Å². The first-order valence-corrected chi connectivity index (χ1v) is 6.60. The quantitative estimate of drug-likeness (QED) is 0.847. The van der Waals surface area contributed by atoms with Crippen LogP contribution >= 0.6 is 0 Å². The molecule has 104 valence electrons. The maximum atomic E-state index is 11.4. The van der Waals surface area contributed by atoms with Crippen molar-refractivity contribution < 1.29 is 4.79 Å². The van der Waals surface area contributed by atoms with Crippen molar-refractivity contribution in [3.63, 3.8) is 0 Å². The lowest BCUT2D eigenvalue weighted by Crippen LogP contribution is -2.46. The van der Waals surface area contributed by atoms with E-state index in [1.54, 1.807) is 7.05 Å². The summed E-state index contributed by atoms with van der Waals surface area (Å²) in [6.07, 6.45) is 1.81. The van der Waals surface area contributed by atoms with Crippen LogP contribution in [-0.2, 0) is 4.79 Å². The van der Waals surface area contributed by atoms with E-state index < -0.39 is 0 Å². The van der Waals surface area contributed by atoms with Gasteiger partial charge in [-0.1, -0.05) is 0 Å². The number of hydrogen-bond donors (Lipinski definition) is 2. The predicted molar refractivity (Wildman–Crippen MR) is 75.0 cm³/mol. The number of anilines is 2. The molecule has 1 aromatic rings. The fourth-order valence-corrected chi connectivity index (χ4v) is 2.47. The van der Waals surface area contributed by atoms with Crippen LogP contribution in [0.2, 0.25) is 0 Å². The van der Waals surface area contributed by atoms with E-state index in [9.17, 15) is 4.79 Å². The minimum Gasteiger partial charge on any atom is -0.369 e. The maximum absolute atomic E-state index is 11.4. The van der Waals surface area contributed by atoms with Crippen LogP contribution in [0.4, 0.5) is 11.8 Å². The Morgan fingerprint density at radius 3 is 2.84 bits per heavy atom. The first-order valence-electron chi connectivity index (χ1n) is 6.60. The fraction of sp³-hybridized carbons (Fsp3) is 0.615.